The smallest absolute Gasteiger partial charge is 0.246 e. The summed E-state index contributed by atoms with van der Waals surface area (Å²) in [4.78, 5) is 14.9. The van der Waals surface area contributed by atoms with Crippen LogP contribution in [-0.4, -0.2) is 38.4 Å². The molecule has 7 heteroatoms. The standard InChI is InChI=1S/C15H21N5O2/c1-9(2)15-18-14(22-19-15)7-20(3)13-6-12(16-8-17-13)10-4-11(21)5-10/h6,8-11,21H,4-5,7H2,1-3H3. The molecule has 0 aliphatic heterocycles. The van der Waals surface area contributed by atoms with Gasteiger partial charge in [0, 0.05) is 30.6 Å². The van der Waals surface area contributed by atoms with Crippen LogP contribution in [0.1, 0.15) is 55.9 Å². The van der Waals surface area contributed by atoms with Crippen molar-refractivity contribution in [2.45, 2.75) is 51.2 Å². The van der Waals surface area contributed by atoms with Gasteiger partial charge in [0.25, 0.3) is 0 Å². The molecule has 0 saturated heterocycles. The quantitative estimate of drug-likeness (QED) is 0.901. The lowest BCUT2D eigenvalue weighted by molar-refractivity contribution is 0.0732. The fourth-order valence-corrected chi connectivity index (χ4v) is 2.47. The van der Waals surface area contributed by atoms with E-state index in [9.17, 15) is 5.11 Å². The summed E-state index contributed by atoms with van der Waals surface area (Å²) in [5.74, 6) is 2.69. The molecular formula is C15H21N5O2. The Morgan fingerprint density at radius 3 is 2.77 bits per heavy atom. The van der Waals surface area contributed by atoms with Crippen molar-refractivity contribution >= 4 is 5.82 Å². The molecule has 1 fully saturated rings. The summed E-state index contributed by atoms with van der Waals surface area (Å²) >= 11 is 0. The fourth-order valence-electron chi connectivity index (χ4n) is 2.47. The second kappa shape index (κ2) is 6.00. The highest BCUT2D eigenvalue weighted by molar-refractivity contribution is 5.39. The number of aliphatic hydroxyl groups is 1. The predicted octanol–water partition coefficient (Wildman–Crippen LogP) is 1.86. The van der Waals surface area contributed by atoms with Gasteiger partial charge in [-0.25, -0.2) is 9.97 Å². The molecule has 0 spiro atoms. The molecule has 1 saturated carbocycles. The first kappa shape index (κ1) is 14.9. The Kier molecular flexibility index (Phi) is 4.06. The van der Waals surface area contributed by atoms with Crippen molar-refractivity contribution in [3.05, 3.63) is 29.8 Å². The maximum absolute atomic E-state index is 9.42. The van der Waals surface area contributed by atoms with Crippen LogP contribution in [0.25, 0.3) is 0 Å². The third-order valence-electron chi connectivity index (χ3n) is 3.97. The number of rotatable bonds is 5. The third-order valence-corrected chi connectivity index (χ3v) is 3.97. The minimum atomic E-state index is -0.186. The van der Waals surface area contributed by atoms with Crippen LogP contribution >= 0.6 is 0 Å². The van der Waals surface area contributed by atoms with E-state index in [4.69, 9.17) is 4.52 Å². The summed E-state index contributed by atoms with van der Waals surface area (Å²) in [6.07, 6.45) is 2.94. The molecule has 7 nitrogen and oxygen atoms in total. The van der Waals surface area contributed by atoms with Crippen molar-refractivity contribution in [2.75, 3.05) is 11.9 Å². The Labute approximate surface area is 129 Å². The van der Waals surface area contributed by atoms with Gasteiger partial charge in [0.2, 0.25) is 5.89 Å². The van der Waals surface area contributed by atoms with Crippen molar-refractivity contribution in [1.29, 1.82) is 0 Å². The lowest BCUT2D eigenvalue weighted by Gasteiger charge is -2.31. The molecule has 22 heavy (non-hydrogen) atoms. The Morgan fingerprint density at radius 2 is 2.14 bits per heavy atom. The van der Waals surface area contributed by atoms with Gasteiger partial charge in [-0.15, -0.1) is 0 Å². The molecular weight excluding hydrogens is 282 g/mol. The molecule has 3 rings (SSSR count). The average Bonchev–Trinajstić information content (AvgIpc) is 2.93. The van der Waals surface area contributed by atoms with Gasteiger partial charge in [-0.05, 0) is 12.8 Å². The van der Waals surface area contributed by atoms with Crippen LogP contribution in [0.3, 0.4) is 0 Å². The molecule has 0 atom stereocenters. The van der Waals surface area contributed by atoms with Crippen LogP contribution in [0.5, 0.6) is 0 Å². The molecule has 2 heterocycles. The molecule has 0 unspecified atom stereocenters. The van der Waals surface area contributed by atoms with E-state index in [-0.39, 0.29) is 12.0 Å². The maximum Gasteiger partial charge on any atom is 0.246 e. The number of hydrogen-bond acceptors (Lipinski definition) is 7. The monoisotopic (exact) mass is 303 g/mol. The highest BCUT2D eigenvalue weighted by Gasteiger charge is 2.30. The summed E-state index contributed by atoms with van der Waals surface area (Å²) in [6, 6.07) is 1.97. The first-order valence-corrected chi connectivity index (χ1v) is 7.56. The first-order valence-electron chi connectivity index (χ1n) is 7.56. The van der Waals surface area contributed by atoms with Gasteiger partial charge in [-0.3, -0.25) is 0 Å². The van der Waals surface area contributed by atoms with E-state index in [1.165, 1.54) is 0 Å². The molecule has 0 aromatic carbocycles. The van der Waals surface area contributed by atoms with E-state index in [2.05, 4.69) is 20.1 Å². The van der Waals surface area contributed by atoms with Crippen molar-refractivity contribution in [3.8, 4) is 0 Å². The van der Waals surface area contributed by atoms with E-state index in [0.717, 1.165) is 30.2 Å². The second-order valence-electron chi connectivity index (χ2n) is 6.18. The van der Waals surface area contributed by atoms with Crippen LogP contribution < -0.4 is 4.90 Å². The Hall–Kier alpha value is -2.02. The zero-order chi connectivity index (χ0) is 15.7. The van der Waals surface area contributed by atoms with Crippen LogP contribution in [-0.2, 0) is 6.54 Å². The van der Waals surface area contributed by atoms with E-state index >= 15 is 0 Å². The SMILES string of the molecule is CC(C)c1noc(CN(C)c2cc(C3CC(O)C3)ncn2)n1. The lowest BCUT2D eigenvalue weighted by Crippen LogP contribution is -2.27. The van der Waals surface area contributed by atoms with Gasteiger partial charge < -0.3 is 14.5 Å². The summed E-state index contributed by atoms with van der Waals surface area (Å²) < 4.78 is 5.26. The predicted molar refractivity (Wildman–Crippen MR) is 80.5 cm³/mol. The van der Waals surface area contributed by atoms with E-state index in [1.54, 1.807) is 6.33 Å². The van der Waals surface area contributed by atoms with E-state index in [0.29, 0.717) is 18.4 Å². The Bertz CT molecular complexity index is 636. The van der Waals surface area contributed by atoms with Crippen LogP contribution in [0, 0.1) is 0 Å². The van der Waals surface area contributed by atoms with E-state index < -0.39 is 0 Å². The highest BCUT2D eigenvalue weighted by atomic mass is 16.5. The fraction of sp³-hybridized carbons (Fsp3) is 0.600. The summed E-state index contributed by atoms with van der Waals surface area (Å²) in [5, 5.41) is 13.4. The maximum atomic E-state index is 9.42. The first-order chi connectivity index (χ1) is 10.5. The second-order valence-corrected chi connectivity index (χ2v) is 6.18. The summed E-state index contributed by atoms with van der Waals surface area (Å²) in [7, 11) is 1.93. The van der Waals surface area contributed by atoms with Crippen molar-refractivity contribution in [2.24, 2.45) is 0 Å². The molecule has 118 valence electrons. The van der Waals surface area contributed by atoms with Crippen LogP contribution in [0.4, 0.5) is 5.82 Å². The van der Waals surface area contributed by atoms with Crippen LogP contribution in [0.2, 0.25) is 0 Å². The topological polar surface area (TPSA) is 88.2 Å². The highest BCUT2D eigenvalue weighted by Crippen LogP contribution is 2.36. The number of anilines is 1. The van der Waals surface area contributed by atoms with Crippen LogP contribution in [0.15, 0.2) is 16.9 Å². The minimum absolute atomic E-state index is 0.186. The average molecular weight is 303 g/mol. The minimum Gasteiger partial charge on any atom is -0.393 e. The Balaban J connectivity index is 1.68. The van der Waals surface area contributed by atoms with E-state index in [1.807, 2.05) is 31.9 Å². The number of aromatic nitrogens is 4. The van der Waals surface area contributed by atoms with Gasteiger partial charge in [0.1, 0.15) is 12.1 Å². The summed E-state index contributed by atoms with van der Waals surface area (Å²) in [5.41, 5.74) is 0.982. The zero-order valence-electron chi connectivity index (χ0n) is 13.1. The number of hydrogen-bond donors (Lipinski definition) is 1. The van der Waals surface area contributed by atoms with Crippen molar-refractivity contribution in [3.63, 3.8) is 0 Å². The van der Waals surface area contributed by atoms with Gasteiger partial charge in [-0.2, -0.15) is 4.98 Å². The largest absolute Gasteiger partial charge is 0.393 e. The number of nitrogens with zero attached hydrogens (tertiary/aromatic N) is 5. The molecule has 2 aromatic heterocycles. The lowest BCUT2D eigenvalue weighted by atomic mass is 9.80. The number of aliphatic hydroxyl groups excluding tert-OH is 1. The molecule has 1 aliphatic rings. The molecule has 0 amide bonds. The van der Waals surface area contributed by atoms with Crippen molar-refractivity contribution < 1.29 is 9.63 Å². The molecule has 0 radical (unpaired) electrons. The van der Waals surface area contributed by atoms with Gasteiger partial charge in [0.15, 0.2) is 5.82 Å². The summed E-state index contributed by atoms with van der Waals surface area (Å²) in [6.45, 7) is 4.56. The zero-order valence-corrected chi connectivity index (χ0v) is 13.1. The van der Waals surface area contributed by atoms with Crippen molar-refractivity contribution in [1.82, 2.24) is 20.1 Å². The Morgan fingerprint density at radius 1 is 1.36 bits per heavy atom. The normalized spacial score (nSPS) is 21.0. The van der Waals surface area contributed by atoms with Gasteiger partial charge in [-0.1, -0.05) is 19.0 Å². The molecule has 1 aliphatic carbocycles. The molecule has 2 aromatic rings. The molecule has 0 bridgehead atoms. The van der Waals surface area contributed by atoms with Gasteiger partial charge in [0.05, 0.1) is 12.6 Å². The third kappa shape index (κ3) is 3.09. The molecule has 1 N–H and O–H groups in total. The van der Waals surface area contributed by atoms with Gasteiger partial charge >= 0.3 is 0 Å².